The van der Waals surface area contributed by atoms with Gasteiger partial charge in [-0.3, -0.25) is 0 Å². The Hall–Kier alpha value is -1.84. The van der Waals surface area contributed by atoms with Crippen molar-refractivity contribution < 1.29 is 19.0 Å². The van der Waals surface area contributed by atoms with E-state index in [1.807, 2.05) is 0 Å². The average Bonchev–Trinajstić information content (AvgIpc) is 2.18. The second kappa shape index (κ2) is 5.14. The summed E-state index contributed by atoms with van der Waals surface area (Å²) >= 11 is 0. The van der Waals surface area contributed by atoms with Gasteiger partial charge in [0.25, 0.3) is 0 Å². The molecule has 0 radical (unpaired) electrons. The maximum absolute atomic E-state index is 13.4. The fraction of sp³-hybridized carbons (Fsp3) is 0.182. The summed E-state index contributed by atoms with van der Waals surface area (Å²) in [6.45, 7) is 1.81. The molecule has 0 bridgehead atoms. The first-order valence-electron chi connectivity index (χ1n) is 4.47. The van der Waals surface area contributed by atoms with Crippen molar-refractivity contribution in [1.82, 2.24) is 0 Å². The van der Waals surface area contributed by atoms with Crippen LogP contribution in [0.5, 0.6) is 5.75 Å². The molecular weight excluding hydrogens is 199 g/mol. The first-order chi connectivity index (χ1) is 7.15. The fourth-order valence-corrected chi connectivity index (χ4v) is 1.04. The van der Waals surface area contributed by atoms with E-state index in [9.17, 15) is 14.3 Å². The molecule has 80 valence electrons. The zero-order chi connectivity index (χ0) is 11.3. The topological polar surface area (TPSA) is 46.5 Å². The highest BCUT2D eigenvalue weighted by molar-refractivity contribution is 5.90. The van der Waals surface area contributed by atoms with E-state index in [1.54, 1.807) is 19.1 Å². The van der Waals surface area contributed by atoms with Crippen LogP contribution in [0.1, 0.15) is 12.5 Å². The lowest BCUT2D eigenvalue weighted by Crippen LogP contribution is -1.99. The van der Waals surface area contributed by atoms with E-state index in [1.165, 1.54) is 12.1 Å². The molecule has 0 amide bonds. The molecule has 0 atom stereocenters. The Bertz CT molecular complexity index is 385. The van der Waals surface area contributed by atoms with Crippen molar-refractivity contribution in [1.29, 1.82) is 0 Å². The highest BCUT2D eigenvalue weighted by Crippen LogP contribution is 2.25. The van der Waals surface area contributed by atoms with E-state index in [2.05, 4.69) is 4.74 Å². The van der Waals surface area contributed by atoms with Crippen molar-refractivity contribution in [2.24, 2.45) is 0 Å². The predicted molar refractivity (Wildman–Crippen MR) is 53.8 cm³/mol. The molecular formula is C11H11FO3. The second-order valence-electron chi connectivity index (χ2n) is 2.76. The lowest BCUT2D eigenvalue weighted by atomic mass is 10.1. The van der Waals surface area contributed by atoms with E-state index in [-0.39, 0.29) is 17.9 Å². The number of ether oxygens (including phenoxy) is 1. The van der Waals surface area contributed by atoms with Crippen LogP contribution in [0, 0.1) is 0 Å². The molecule has 0 aliphatic heterocycles. The summed E-state index contributed by atoms with van der Waals surface area (Å²) in [4.78, 5) is 10.9. The van der Waals surface area contributed by atoms with E-state index in [0.29, 0.717) is 6.08 Å². The molecule has 0 aliphatic carbocycles. The number of hydrogen-bond acceptors (Lipinski definition) is 3. The molecule has 0 aliphatic rings. The summed E-state index contributed by atoms with van der Waals surface area (Å²) in [6.07, 6.45) is 0.707. The Morgan fingerprint density at radius 2 is 2.20 bits per heavy atom. The number of hydrogen-bond donors (Lipinski definition) is 1. The summed E-state index contributed by atoms with van der Waals surface area (Å²) in [5.74, 6) is -1.79. The highest BCUT2D eigenvalue weighted by Gasteiger charge is 2.08. The van der Waals surface area contributed by atoms with E-state index >= 15 is 0 Å². The fourth-order valence-electron chi connectivity index (χ4n) is 1.04. The van der Waals surface area contributed by atoms with Crippen LogP contribution >= 0.6 is 0 Å². The normalized spacial score (nSPS) is 11.2. The van der Waals surface area contributed by atoms with Crippen LogP contribution in [0.3, 0.4) is 0 Å². The summed E-state index contributed by atoms with van der Waals surface area (Å²) in [6, 6.07) is 5.85. The molecule has 0 spiro atoms. The van der Waals surface area contributed by atoms with Crippen molar-refractivity contribution in [3.05, 3.63) is 35.9 Å². The third kappa shape index (κ3) is 3.09. The second-order valence-corrected chi connectivity index (χ2v) is 2.76. The van der Waals surface area contributed by atoms with Gasteiger partial charge >= 0.3 is 5.97 Å². The van der Waals surface area contributed by atoms with Crippen LogP contribution in [0.15, 0.2) is 30.3 Å². The molecule has 4 heteroatoms. The largest absolute Gasteiger partial charge is 0.507 e. The van der Waals surface area contributed by atoms with Crippen LogP contribution < -0.4 is 0 Å². The Labute approximate surface area is 86.8 Å². The van der Waals surface area contributed by atoms with Gasteiger partial charge in [-0.1, -0.05) is 12.1 Å². The number of halogens is 1. The lowest BCUT2D eigenvalue weighted by Gasteiger charge is -2.01. The number of carbonyl (C=O) groups is 1. The number of phenolic OH excluding ortho intramolecular Hbond substituents is 1. The number of para-hydroxylation sites is 1. The minimum Gasteiger partial charge on any atom is -0.507 e. The van der Waals surface area contributed by atoms with Crippen molar-refractivity contribution in [2.75, 3.05) is 6.61 Å². The molecule has 0 unspecified atom stereocenters. The number of phenols is 1. The molecule has 3 nitrogen and oxygen atoms in total. The molecule has 1 rings (SSSR count). The quantitative estimate of drug-likeness (QED) is 0.614. The predicted octanol–water partition coefficient (Wildman–Crippen LogP) is 2.27. The Kier molecular flexibility index (Phi) is 3.85. The van der Waals surface area contributed by atoms with Crippen LogP contribution in [-0.2, 0) is 9.53 Å². The third-order valence-electron chi connectivity index (χ3n) is 1.69. The molecule has 15 heavy (non-hydrogen) atoms. The summed E-state index contributed by atoms with van der Waals surface area (Å²) < 4.78 is 17.9. The monoisotopic (exact) mass is 210 g/mol. The van der Waals surface area contributed by atoms with Gasteiger partial charge in [0.05, 0.1) is 18.2 Å². The number of carbonyl (C=O) groups excluding carboxylic acids is 1. The summed E-state index contributed by atoms with van der Waals surface area (Å²) in [5, 5.41) is 9.29. The molecule has 0 saturated carbocycles. The minimum atomic E-state index is -0.813. The van der Waals surface area contributed by atoms with Crippen molar-refractivity contribution in [3.8, 4) is 5.75 Å². The van der Waals surface area contributed by atoms with Crippen LogP contribution in [-0.4, -0.2) is 17.7 Å². The van der Waals surface area contributed by atoms with E-state index in [4.69, 9.17) is 0 Å². The molecule has 1 aromatic rings. The minimum absolute atomic E-state index is 0.0226. The van der Waals surface area contributed by atoms with Crippen LogP contribution in [0.2, 0.25) is 0 Å². The Morgan fingerprint density at radius 1 is 1.53 bits per heavy atom. The number of rotatable bonds is 3. The highest BCUT2D eigenvalue weighted by atomic mass is 19.1. The van der Waals surface area contributed by atoms with Crippen molar-refractivity contribution in [2.45, 2.75) is 6.92 Å². The van der Waals surface area contributed by atoms with E-state index in [0.717, 1.165) is 0 Å². The van der Waals surface area contributed by atoms with Gasteiger partial charge in [-0.25, -0.2) is 9.18 Å². The molecule has 1 aromatic carbocycles. The van der Waals surface area contributed by atoms with Gasteiger partial charge in [0, 0.05) is 0 Å². The van der Waals surface area contributed by atoms with Crippen molar-refractivity contribution in [3.63, 3.8) is 0 Å². The van der Waals surface area contributed by atoms with Gasteiger partial charge in [-0.05, 0) is 19.1 Å². The molecule has 0 saturated heterocycles. The van der Waals surface area contributed by atoms with Gasteiger partial charge in [0.2, 0.25) is 0 Å². The molecule has 0 aromatic heterocycles. The van der Waals surface area contributed by atoms with Gasteiger partial charge in [0.15, 0.2) is 0 Å². The van der Waals surface area contributed by atoms with Crippen LogP contribution in [0.4, 0.5) is 4.39 Å². The maximum Gasteiger partial charge on any atom is 0.333 e. The summed E-state index contributed by atoms with van der Waals surface area (Å²) in [7, 11) is 0. The van der Waals surface area contributed by atoms with Crippen molar-refractivity contribution >= 4 is 11.8 Å². The smallest absolute Gasteiger partial charge is 0.333 e. The maximum atomic E-state index is 13.4. The van der Waals surface area contributed by atoms with Crippen LogP contribution in [0.25, 0.3) is 5.83 Å². The summed E-state index contributed by atoms with van der Waals surface area (Å²) in [5.41, 5.74) is -0.0226. The Morgan fingerprint density at radius 3 is 2.80 bits per heavy atom. The lowest BCUT2D eigenvalue weighted by molar-refractivity contribution is -0.137. The first kappa shape index (κ1) is 11.2. The Balaban J connectivity index is 2.89. The first-order valence-corrected chi connectivity index (χ1v) is 4.47. The zero-order valence-electron chi connectivity index (χ0n) is 8.24. The van der Waals surface area contributed by atoms with Gasteiger partial charge < -0.3 is 9.84 Å². The van der Waals surface area contributed by atoms with Gasteiger partial charge in [-0.15, -0.1) is 0 Å². The average molecular weight is 210 g/mol. The number of esters is 1. The zero-order valence-corrected chi connectivity index (χ0v) is 8.24. The standard InChI is InChI=1S/C11H11FO3/c1-2-15-11(14)7-9(12)8-5-3-4-6-10(8)13/h3-7,13H,2H2,1H3. The SMILES string of the molecule is CCOC(=O)C=C(F)c1ccccc1O. The molecule has 0 fully saturated rings. The molecule has 1 N–H and O–H groups in total. The number of benzene rings is 1. The third-order valence-corrected chi connectivity index (χ3v) is 1.69. The molecule has 0 heterocycles. The van der Waals surface area contributed by atoms with Gasteiger partial charge in [-0.2, -0.15) is 0 Å². The van der Waals surface area contributed by atoms with Gasteiger partial charge in [0.1, 0.15) is 11.6 Å². The van der Waals surface area contributed by atoms with E-state index < -0.39 is 11.8 Å². The number of aromatic hydroxyl groups is 1.